The number of anilines is 1. The number of benzene rings is 1. The quantitative estimate of drug-likeness (QED) is 0.821. The maximum Gasteiger partial charge on any atom is 0.163 e. The van der Waals surface area contributed by atoms with E-state index in [0.717, 1.165) is 31.7 Å². The topological polar surface area (TPSA) is 60.0 Å². The minimum absolute atomic E-state index is 0.0166. The highest BCUT2D eigenvalue weighted by Crippen LogP contribution is 2.30. The molecule has 2 N–H and O–H groups in total. The lowest BCUT2D eigenvalue weighted by Gasteiger charge is -2.24. The van der Waals surface area contributed by atoms with Gasteiger partial charge in [-0.2, -0.15) is 0 Å². The van der Waals surface area contributed by atoms with Gasteiger partial charge in [-0.15, -0.1) is 0 Å². The Bertz CT molecular complexity index is 391. The second-order valence-corrected chi connectivity index (χ2v) is 4.50. The molecular formula is C14H21NO4. The summed E-state index contributed by atoms with van der Waals surface area (Å²) in [6, 6.07) is 6.05. The average molecular weight is 267 g/mol. The minimum atomic E-state index is -0.0166. The van der Waals surface area contributed by atoms with Crippen molar-refractivity contribution < 1.29 is 19.3 Å². The van der Waals surface area contributed by atoms with E-state index >= 15 is 0 Å². The first-order chi connectivity index (χ1) is 9.33. The molecule has 1 saturated heterocycles. The van der Waals surface area contributed by atoms with Crippen LogP contribution in [-0.2, 0) is 4.74 Å². The van der Waals surface area contributed by atoms with E-state index in [4.69, 9.17) is 19.3 Å². The molecule has 0 radical (unpaired) electrons. The molecule has 1 atom stereocenters. The number of hydrogen-bond acceptors (Lipinski definition) is 5. The third-order valence-corrected chi connectivity index (χ3v) is 3.04. The zero-order valence-electron chi connectivity index (χ0n) is 11.2. The standard InChI is InChI=1S/C14H21NO4/c1-17-13-5-4-11(9-14(13)19-8-6-16)15-12-3-2-7-18-10-12/h4-5,9,12,15-16H,2-3,6-8,10H2,1H3. The molecule has 1 aromatic rings. The number of hydrogen-bond donors (Lipinski definition) is 2. The first kappa shape index (κ1) is 14.0. The zero-order chi connectivity index (χ0) is 13.5. The normalized spacial score (nSPS) is 18.9. The lowest BCUT2D eigenvalue weighted by atomic mass is 10.1. The Morgan fingerprint density at radius 3 is 3.00 bits per heavy atom. The number of aliphatic hydroxyl groups excluding tert-OH is 1. The summed E-state index contributed by atoms with van der Waals surface area (Å²) >= 11 is 0. The molecule has 106 valence electrons. The van der Waals surface area contributed by atoms with Crippen LogP contribution in [0.15, 0.2) is 18.2 Å². The highest BCUT2D eigenvalue weighted by Gasteiger charge is 2.14. The summed E-state index contributed by atoms with van der Waals surface area (Å²) in [4.78, 5) is 0. The highest BCUT2D eigenvalue weighted by molar-refractivity contribution is 5.55. The van der Waals surface area contributed by atoms with Crippen LogP contribution in [0.3, 0.4) is 0 Å². The van der Waals surface area contributed by atoms with Crippen LogP contribution in [0.2, 0.25) is 0 Å². The summed E-state index contributed by atoms with van der Waals surface area (Å²) in [5.41, 5.74) is 0.976. The number of methoxy groups -OCH3 is 1. The van der Waals surface area contributed by atoms with E-state index in [1.165, 1.54) is 0 Å². The number of ether oxygens (including phenoxy) is 3. The molecule has 1 fully saturated rings. The number of aliphatic hydroxyl groups is 1. The third-order valence-electron chi connectivity index (χ3n) is 3.04. The minimum Gasteiger partial charge on any atom is -0.493 e. The highest BCUT2D eigenvalue weighted by atomic mass is 16.5. The molecule has 0 saturated carbocycles. The van der Waals surface area contributed by atoms with Gasteiger partial charge in [0.25, 0.3) is 0 Å². The van der Waals surface area contributed by atoms with Gasteiger partial charge in [-0.1, -0.05) is 0 Å². The SMILES string of the molecule is COc1ccc(NC2CCCOC2)cc1OCCO. The monoisotopic (exact) mass is 267 g/mol. The van der Waals surface area contributed by atoms with Crippen LogP contribution in [0.5, 0.6) is 11.5 Å². The number of nitrogens with one attached hydrogen (secondary N) is 1. The van der Waals surface area contributed by atoms with Gasteiger partial charge in [-0.3, -0.25) is 0 Å². The molecule has 1 aromatic carbocycles. The second-order valence-electron chi connectivity index (χ2n) is 4.50. The van der Waals surface area contributed by atoms with E-state index in [-0.39, 0.29) is 13.2 Å². The fourth-order valence-electron chi connectivity index (χ4n) is 2.13. The molecule has 0 aliphatic carbocycles. The second kappa shape index (κ2) is 7.21. The summed E-state index contributed by atoms with van der Waals surface area (Å²) in [5, 5.41) is 12.2. The first-order valence-electron chi connectivity index (χ1n) is 6.59. The molecule has 2 rings (SSSR count). The predicted molar refractivity (Wildman–Crippen MR) is 73.0 cm³/mol. The molecule has 0 amide bonds. The molecule has 0 spiro atoms. The summed E-state index contributed by atoms with van der Waals surface area (Å²) in [5.74, 6) is 1.30. The lowest BCUT2D eigenvalue weighted by Crippen LogP contribution is -2.29. The molecule has 1 aliphatic rings. The third kappa shape index (κ3) is 4.01. The van der Waals surface area contributed by atoms with Crippen molar-refractivity contribution in [1.82, 2.24) is 0 Å². The number of rotatable bonds is 6. The van der Waals surface area contributed by atoms with E-state index in [0.29, 0.717) is 17.5 Å². The van der Waals surface area contributed by atoms with Crippen LogP contribution in [0.25, 0.3) is 0 Å². The Morgan fingerprint density at radius 1 is 1.42 bits per heavy atom. The van der Waals surface area contributed by atoms with Crippen molar-refractivity contribution in [3.63, 3.8) is 0 Å². The van der Waals surface area contributed by atoms with Crippen LogP contribution in [0.4, 0.5) is 5.69 Å². The molecule has 0 aromatic heterocycles. The van der Waals surface area contributed by atoms with Gasteiger partial charge in [0.2, 0.25) is 0 Å². The van der Waals surface area contributed by atoms with Crippen molar-refractivity contribution in [3.05, 3.63) is 18.2 Å². The van der Waals surface area contributed by atoms with Crippen molar-refractivity contribution in [2.75, 3.05) is 38.9 Å². The summed E-state index contributed by atoms with van der Waals surface area (Å²) in [7, 11) is 1.60. The Balaban J connectivity index is 2.03. The molecule has 1 unspecified atom stereocenters. The van der Waals surface area contributed by atoms with Crippen molar-refractivity contribution in [2.45, 2.75) is 18.9 Å². The average Bonchev–Trinajstić information content (AvgIpc) is 2.46. The maximum atomic E-state index is 8.82. The molecule has 5 heteroatoms. The van der Waals surface area contributed by atoms with Gasteiger partial charge < -0.3 is 24.6 Å². The van der Waals surface area contributed by atoms with E-state index in [1.54, 1.807) is 7.11 Å². The smallest absolute Gasteiger partial charge is 0.163 e. The maximum absolute atomic E-state index is 8.82. The van der Waals surface area contributed by atoms with Crippen LogP contribution in [0.1, 0.15) is 12.8 Å². The van der Waals surface area contributed by atoms with Gasteiger partial charge in [0.05, 0.1) is 20.3 Å². The molecule has 0 bridgehead atoms. The zero-order valence-corrected chi connectivity index (χ0v) is 11.2. The molecule has 5 nitrogen and oxygen atoms in total. The van der Waals surface area contributed by atoms with Gasteiger partial charge in [-0.05, 0) is 25.0 Å². The fourth-order valence-corrected chi connectivity index (χ4v) is 2.13. The van der Waals surface area contributed by atoms with Gasteiger partial charge in [-0.25, -0.2) is 0 Å². The van der Waals surface area contributed by atoms with Crippen LogP contribution in [-0.4, -0.2) is 44.7 Å². The Labute approximate surface area is 113 Å². The molecule has 19 heavy (non-hydrogen) atoms. The van der Waals surface area contributed by atoms with Crippen LogP contribution >= 0.6 is 0 Å². The molecule has 1 heterocycles. The van der Waals surface area contributed by atoms with Crippen molar-refractivity contribution >= 4 is 5.69 Å². The van der Waals surface area contributed by atoms with Crippen molar-refractivity contribution in [1.29, 1.82) is 0 Å². The van der Waals surface area contributed by atoms with E-state index in [2.05, 4.69) is 5.32 Å². The van der Waals surface area contributed by atoms with Crippen LogP contribution < -0.4 is 14.8 Å². The Morgan fingerprint density at radius 2 is 2.32 bits per heavy atom. The van der Waals surface area contributed by atoms with E-state index < -0.39 is 0 Å². The first-order valence-corrected chi connectivity index (χ1v) is 6.59. The van der Waals surface area contributed by atoms with Gasteiger partial charge >= 0.3 is 0 Å². The summed E-state index contributed by atoms with van der Waals surface area (Å²) in [6.45, 7) is 1.83. The van der Waals surface area contributed by atoms with Crippen LogP contribution in [0, 0.1) is 0 Å². The lowest BCUT2D eigenvalue weighted by molar-refractivity contribution is 0.0876. The largest absolute Gasteiger partial charge is 0.493 e. The predicted octanol–water partition coefficient (Wildman–Crippen LogP) is 1.66. The van der Waals surface area contributed by atoms with Gasteiger partial charge in [0.1, 0.15) is 6.61 Å². The van der Waals surface area contributed by atoms with E-state index in [9.17, 15) is 0 Å². The van der Waals surface area contributed by atoms with E-state index in [1.807, 2.05) is 18.2 Å². The Hall–Kier alpha value is -1.46. The van der Waals surface area contributed by atoms with Gasteiger partial charge in [0, 0.05) is 24.4 Å². The Kier molecular flexibility index (Phi) is 5.30. The summed E-state index contributed by atoms with van der Waals surface area (Å²) in [6.07, 6.45) is 2.19. The molecule has 1 aliphatic heterocycles. The van der Waals surface area contributed by atoms with Crippen molar-refractivity contribution in [2.24, 2.45) is 0 Å². The fraction of sp³-hybridized carbons (Fsp3) is 0.571. The summed E-state index contributed by atoms with van der Waals surface area (Å²) < 4.78 is 16.1. The van der Waals surface area contributed by atoms with Gasteiger partial charge in [0.15, 0.2) is 11.5 Å². The molecular weight excluding hydrogens is 246 g/mol. The van der Waals surface area contributed by atoms with Crippen molar-refractivity contribution in [3.8, 4) is 11.5 Å².